The van der Waals surface area contributed by atoms with E-state index in [1.807, 2.05) is 13.8 Å². The Morgan fingerprint density at radius 2 is 1.44 bits per heavy atom. The summed E-state index contributed by atoms with van der Waals surface area (Å²) in [5.74, 6) is -1.85. The molecule has 32 heavy (non-hydrogen) atoms. The Hall–Kier alpha value is -2.98. The summed E-state index contributed by atoms with van der Waals surface area (Å²) >= 11 is 0. The molecule has 0 aliphatic heterocycles. The van der Waals surface area contributed by atoms with Gasteiger partial charge in [0.05, 0.1) is 12.6 Å². The van der Waals surface area contributed by atoms with Crippen LogP contribution in [0.3, 0.4) is 0 Å². The van der Waals surface area contributed by atoms with E-state index < -0.39 is 18.0 Å². The highest BCUT2D eigenvalue weighted by Crippen LogP contribution is 2.04. The second-order valence-electron chi connectivity index (χ2n) is 8.01. The van der Waals surface area contributed by atoms with Crippen molar-refractivity contribution in [1.82, 2.24) is 26.2 Å². The predicted molar refractivity (Wildman–Crippen MR) is 118 cm³/mol. The Morgan fingerprint density at radius 3 is 1.97 bits per heavy atom. The molecule has 0 saturated heterocycles. The van der Waals surface area contributed by atoms with Crippen molar-refractivity contribution in [1.29, 1.82) is 0 Å². The Labute approximate surface area is 189 Å². The lowest BCUT2D eigenvalue weighted by Crippen LogP contribution is -2.47. The third-order valence-electron chi connectivity index (χ3n) is 4.71. The number of Topliss-reactive ketones (excluding diaryl/α,β-unsaturated/α-hetero) is 1. The standard InChI is InChI=1S/C21H37N5O6/c1-13(2)20(15(4)27)25-17(29)9-7-8-16(28)23-11-10-19(31)26(6)12-18(30)24-14(3)21(32)22-5/h13-14,20H,7-12H2,1-6H3,(H,22,32)(H,23,28)(H,24,30)(H,25,29)/t14?,20-/m0/s1. The quantitative estimate of drug-likeness (QED) is 0.266. The van der Waals surface area contributed by atoms with Crippen LogP contribution in [0.1, 0.15) is 53.4 Å². The third kappa shape index (κ3) is 12.0. The van der Waals surface area contributed by atoms with E-state index in [2.05, 4.69) is 21.3 Å². The van der Waals surface area contributed by atoms with Gasteiger partial charge in [0.2, 0.25) is 29.5 Å². The van der Waals surface area contributed by atoms with Crippen LogP contribution in [0.25, 0.3) is 0 Å². The first-order valence-electron chi connectivity index (χ1n) is 10.7. The summed E-state index contributed by atoms with van der Waals surface area (Å²) in [6.45, 7) is 6.54. The van der Waals surface area contributed by atoms with Crippen molar-refractivity contribution in [3.05, 3.63) is 0 Å². The third-order valence-corrected chi connectivity index (χ3v) is 4.71. The van der Waals surface area contributed by atoms with Gasteiger partial charge in [0.25, 0.3) is 0 Å². The van der Waals surface area contributed by atoms with E-state index in [-0.39, 0.29) is 67.7 Å². The molecule has 0 aromatic rings. The maximum Gasteiger partial charge on any atom is 0.242 e. The monoisotopic (exact) mass is 455 g/mol. The molecular formula is C21H37N5O6. The van der Waals surface area contributed by atoms with Gasteiger partial charge in [-0.3, -0.25) is 28.8 Å². The average Bonchev–Trinajstić information content (AvgIpc) is 2.70. The van der Waals surface area contributed by atoms with Crippen LogP contribution in [0.5, 0.6) is 0 Å². The Kier molecular flexibility index (Phi) is 13.5. The number of nitrogens with one attached hydrogen (secondary N) is 4. The molecule has 0 fully saturated rings. The highest BCUT2D eigenvalue weighted by atomic mass is 16.2. The van der Waals surface area contributed by atoms with E-state index >= 15 is 0 Å². The van der Waals surface area contributed by atoms with Crippen LogP contribution in [-0.4, -0.2) is 79.5 Å². The van der Waals surface area contributed by atoms with Crippen LogP contribution in [0.2, 0.25) is 0 Å². The van der Waals surface area contributed by atoms with Gasteiger partial charge in [-0.2, -0.15) is 0 Å². The lowest BCUT2D eigenvalue weighted by Gasteiger charge is -2.19. The van der Waals surface area contributed by atoms with Crippen molar-refractivity contribution < 1.29 is 28.8 Å². The minimum absolute atomic E-state index is 0.00961. The minimum atomic E-state index is -0.712. The SMILES string of the molecule is CNC(=O)C(C)NC(=O)CN(C)C(=O)CCNC(=O)CCCC(=O)N[C@H](C(C)=O)C(C)C. The molecular weight excluding hydrogens is 418 g/mol. The number of hydrogen-bond donors (Lipinski definition) is 4. The number of rotatable bonds is 14. The maximum atomic E-state index is 12.1. The topological polar surface area (TPSA) is 154 Å². The second kappa shape index (κ2) is 14.9. The van der Waals surface area contributed by atoms with Gasteiger partial charge in [-0.15, -0.1) is 0 Å². The largest absolute Gasteiger partial charge is 0.357 e. The van der Waals surface area contributed by atoms with Crippen molar-refractivity contribution in [2.75, 3.05) is 27.2 Å². The van der Waals surface area contributed by atoms with E-state index in [0.29, 0.717) is 6.42 Å². The Bertz CT molecular complexity index is 694. The van der Waals surface area contributed by atoms with E-state index in [0.717, 1.165) is 0 Å². The molecule has 0 heterocycles. The summed E-state index contributed by atoms with van der Waals surface area (Å²) < 4.78 is 0. The van der Waals surface area contributed by atoms with Gasteiger partial charge in [-0.1, -0.05) is 13.8 Å². The first-order chi connectivity index (χ1) is 14.9. The molecule has 0 aromatic carbocycles. The molecule has 11 nitrogen and oxygen atoms in total. The van der Waals surface area contributed by atoms with E-state index in [9.17, 15) is 28.8 Å². The van der Waals surface area contributed by atoms with Crippen molar-refractivity contribution >= 4 is 35.3 Å². The van der Waals surface area contributed by atoms with E-state index in [1.54, 1.807) is 0 Å². The number of ketones is 1. The highest BCUT2D eigenvalue weighted by molar-refractivity contribution is 5.90. The van der Waals surface area contributed by atoms with Gasteiger partial charge in [0, 0.05) is 39.9 Å². The zero-order chi connectivity index (χ0) is 24.8. The highest BCUT2D eigenvalue weighted by Gasteiger charge is 2.20. The van der Waals surface area contributed by atoms with Gasteiger partial charge in [-0.05, 0) is 26.2 Å². The molecule has 0 saturated carbocycles. The number of amides is 5. The van der Waals surface area contributed by atoms with Crippen molar-refractivity contribution in [3.8, 4) is 0 Å². The normalized spacial score (nSPS) is 12.3. The first-order valence-corrected chi connectivity index (χ1v) is 10.7. The lowest BCUT2D eigenvalue weighted by atomic mass is 10.0. The molecule has 2 atom stereocenters. The molecule has 182 valence electrons. The molecule has 0 aromatic heterocycles. The van der Waals surface area contributed by atoms with Gasteiger partial charge >= 0.3 is 0 Å². The summed E-state index contributed by atoms with van der Waals surface area (Å²) in [7, 11) is 2.92. The van der Waals surface area contributed by atoms with Crippen LogP contribution < -0.4 is 21.3 Å². The number of carbonyl (C=O) groups excluding carboxylic acids is 6. The number of likely N-dealkylation sites (N-methyl/N-ethyl adjacent to an activating group) is 2. The fraction of sp³-hybridized carbons (Fsp3) is 0.714. The van der Waals surface area contributed by atoms with Gasteiger partial charge in [-0.25, -0.2) is 0 Å². The molecule has 11 heteroatoms. The molecule has 4 N–H and O–H groups in total. The lowest BCUT2D eigenvalue weighted by molar-refractivity contribution is -0.135. The van der Waals surface area contributed by atoms with Gasteiger partial charge in [0.1, 0.15) is 6.04 Å². The molecule has 0 aliphatic carbocycles. The summed E-state index contributed by atoms with van der Waals surface area (Å²) in [4.78, 5) is 71.9. The number of carbonyl (C=O) groups is 6. The summed E-state index contributed by atoms with van der Waals surface area (Å²) in [5, 5.41) is 10.2. The maximum absolute atomic E-state index is 12.1. The average molecular weight is 456 g/mol. The Balaban J connectivity index is 4.13. The molecule has 1 unspecified atom stereocenters. The molecule has 0 rings (SSSR count). The zero-order valence-electron chi connectivity index (χ0n) is 19.9. The first kappa shape index (κ1) is 29.0. The van der Waals surface area contributed by atoms with Crippen LogP contribution in [-0.2, 0) is 28.8 Å². The number of nitrogens with zero attached hydrogens (tertiary/aromatic N) is 1. The van der Waals surface area contributed by atoms with Gasteiger partial charge < -0.3 is 26.2 Å². The Morgan fingerprint density at radius 1 is 0.844 bits per heavy atom. The van der Waals surface area contributed by atoms with Crippen LogP contribution in [0.15, 0.2) is 0 Å². The molecule has 0 spiro atoms. The van der Waals surface area contributed by atoms with Crippen molar-refractivity contribution in [3.63, 3.8) is 0 Å². The van der Waals surface area contributed by atoms with Crippen molar-refractivity contribution in [2.45, 2.75) is 65.5 Å². The zero-order valence-corrected chi connectivity index (χ0v) is 19.9. The van der Waals surface area contributed by atoms with E-state index in [4.69, 9.17) is 0 Å². The van der Waals surface area contributed by atoms with E-state index in [1.165, 1.54) is 32.8 Å². The molecule has 0 aliphatic rings. The molecule has 5 amide bonds. The van der Waals surface area contributed by atoms with Gasteiger partial charge in [0.15, 0.2) is 5.78 Å². The van der Waals surface area contributed by atoms with Crippen molar-refractivity contribution in [2.24, 2.45) is 5.92 Å². The molecule has 0 bridgehead atoms. The smallest absolute Gasteiger partial charge is 0.242 e. The fourth-order valence-corrected chi connectivity index (χ4v) is 2.85. The predicted octanol–water partition coefficient (Wildman–Crippen LogP) is -0.898. The van der Waals surface area contributed by atoms with Crippen LogP contribution >= 0.6 is 0 Å². The number of hydrogen-bond acceptors (Lipinski definition) is 6. The fourth-order valence-electron chi connectivity index (χ4n) is 2.85. The summed E-state index contributed by atoms with van der Waals surface area (Å²) in [6, 6.07) is -1.25. The minimum Gasteiger partial charge on any atom is -0.357 e. The summed E-state index contributed by atoms with van der Waals surface area (Å²) in [5.41, 5.74) is 0. The summed E-state index contributed by atoms with van der Waals surface area (Å²) in [6.07, 6.45) is 0.562. The van der Waals surface area contributed by atoms with Crippen LogP contribution in [0.4, 0.5) is 0 Å². The second-order valence-corrected chi connectivity index (χ2v) is 8.01. The van der Waals surface area contributed by atoms with Crippen LogP contribution in [0, 0.1) is 5.92 Å². The molecule has 0 radical (unpaired) electrons.